The van der Waals surface area contributed by atoms with Gasteiger partial charge in [-0.3, -0.25) is 19.7 Å². The molecule has 1 fully saturated rings. The minimum atomic E-state index is -0.534. The lowest BCUT2D eigenvalue weighted by Crippen LogP contribution is -2.50. The minimum absolute atomic E-state index is 0.0305. The van der Waals surface area contributed by atoms with Crippen LogP contribution in [0.2, 0.25) is 0 Å². The number of nitro groups is 1. The molecule has 30 heavy (non-hydrogen) atoms. The molecule has 3 heterocycles. The van der Waals surface area contributed by atoms with Gasteiger partial charge in [0, 0.05) is 43.9 Å². The Bertz CT molecular complexity index is 1120. The number of piperazine rings is 1. The van der Waals surface area contributed by atoms with Gasteiger partial charge < -0.3 is 14.3 Å². The van der Waals surface area contributed by atoms with Crippen LogP contribution in [0, 0.1) is 15.9 Å². The first kappa shape index (κ1) is 19.7. The van der Waals surface area contributed by atoms with Crippen LogP contribution in [0.25, 0.3) is 11.3 Å². The fourth-order valence-electron chi connectivity index (χ4n) is 3.12. The molecular weight excluding hydrogens is 415 g/mol. The number of carbonyl (C=O) groups excluding carboxylic acids is 2. The largest absolute Gasteiger partial charge is 0.350 e. The summed E-state index contributed by atoms with van der Waals surface area (Å²) in [5.41, 5.74) is 0.851. The van der Waals surface area contributed by atoms with Gasteiger partial charge in [0.25, 0.3) is 11.8 Å². The first-order valence-electron chi connectivity index (χ1n) is 8.98. The Morgan fingerprint density at radius 3 is 2.40 bits per heavy atom. The smallest absolute Gasteiger partial charge is 0.324 e. The molecule has 0 saturated carbocycles. The van der Waals surface area contributed by atoms with Crippen LogP contribution < -0.4 is 0 Å². The van der Waals surface area contributed by atoms with Gasteiger partial charge in [-0.05, 0) is 18.2 Å². The van der Waals surface area contributed by atoms with Crippen LogP contribution in [0.15, 0.2) is 47.0 Å². The zero-order chi connectivity index (χ0) is 21.3. The van der Waals surface area contributed by atoms with E-state index in [0.29, 0.717) is 24.3 Å². The molecule has 2 aromatic heterocycles. The standard InChI is InChI=1S/C19H15FN4O5S/c20-13-3-1-2-12(10-13)14-11-15(29-21-14)18(25)22-6-8-23(9-7-22)19(26)16-4-5-17(30-16)24(27)28/h1-5,10-11H,6-9H2. The van der Waals surface area contributed by atoms with Crippen LogP contribution in [0.4, 0.5) is 9.39 Å². The Morgan fingerprint density at radius 1 is 1.07 bits per heavy atom. The van der Waals surface area contributed by atoms with Crippen molar-refractivity contribution >= 4 is 28.2 Å². The summed E-state index contributed by atoms with van der Waals surface area (Å²) >= 11 is 0.828. The number of hydrogen-bond acceptors (Lipinski definition) is 7. The highest BCUT2D eigenvalue weighted by atomic mass is 32.1. The number of halogens is 1. The monoisotopic (exact) mass is 430 g/mol. The normalized spacial score (nSPS) is 14.0. The van der Waals surface area contributed by atoms with E-state index in [1.54, 1.807) is 17.0 Å². The lowest BCUT2D eigenvalue weighted by Gasteiger charge is -2.33. The molecule has 1 aromatic carbocycles. The molecule has 2 amide bonds. The third-order valence-corrected chi connectivity index (χ3v) is 5.70. The Hall–Kier alpha value is -3.60. The molecular formula is C19H15FN4O5S. The van der Waals surface area contributed by atoms with Gasteiger partial charge in [0.05, 0.1) is 9.80 Å². The van der Waals surface area contributed by atoms with Crippen LogP contribution in [-0.4, -0.2) is 57.9 Å². The first-order valence-corrected chi connectivity index (χ1v) is 9.79. The molecule has 1 aliphatic heterocycles. The van der Waals surface area contributed by atoms with E-state index in [1.165, 1.54) is 35.2 Å². The van der Waals surface area contributed by atoms with Crippen molar-refractivity contribution in [2.45, 2.75) is 0 Å². The maximum Gasteiger partial charge on any atom is 0.324 e. The fourth-order valence-corrected chi connectivity index (χ4v) is 3.91. The zero-order valence-corrected chi connectivity index (χ0v) is 16.3. The van der Waals surface area contributed by atoms with Gasteiger partial charge in [-0.2, -0.15) is 0 Å². The second-order valence-corrected chi connectivity index (χ2v) is 7.63. The highest BCUT2D eigenvalue weighted by molar-refractivity contribution is 7.17. The van der Waals surface area contributed by atoms with Crippen molar-refractivity contribution in [2.24, 2.45) is 0 Å². The molecule has 0 aliphatic carbocycles. The number of hydrogen-bond donors (Lipinski definition) is 0. The summed E-state index contributed by atoms with van der Waals surface area (Å²) in [5.74, 6) is -1.06. The maximum absolute atomic E-state index is 13.4. The zero-order valence-electron chi connectivity index (χ0n) is 15.5. The summed E-state index contributed by atoms with van der Waals surface area (Å²) in [7, 11) is 0. The number of carbonyl (C=O) groups is 2. The molecule has 3 aromatic rings. The average Bonchev–Trinajstić information content (AvgIpc) is 3.43. The van der Waals surface area contributed by atoms with Crippen molar-refractivity contribution in [2.75, 3.05) is 26.2 Å². The summed E-state index contributed by atoms with van der Waals surface area (Å²) in [6.45, 7) is 1.16. The Morgan fingerprint density at radius 2 is 1.77 bits per heavy atom. The molecule has 1 aliphatic rings. The number of thiophene rings is 1. The van der Waals surface area contributed by atoms with Gasteiger partial charge in [-0.25, -0.2) is 4.39 Å². The van der Waals surface area contributed by atoms with E-state index in [1.807, 2.05) is 0 Å². The number of rotatable bonds is 4. The van der Waals surface area contributed by atoms with E-state index in [9.17, 15) is 24.1 Å². The molecule has 0 radical (unpaired) electrons. The van der Waals surface area contributed by atoms with E-state index in [4.69, 9.17) is 4.52 Å². The second kappa shape index (κ2) is 8.03. The average molecular weight is 430 g/mol. The molecule has 0 bridgehead atoms. The Kier molecular flexibility index (Phi) is 5.27. The SMILES string of the molecule is O=C(c1cc(-c2cccc(F)c2)no1)N1CCN(C(=O)c2ccc([N+](=O)[O-])s2)CC1. The van der Waals surface area contributed by atoms with Crippen LogP contribution in [-0.2, 0) is 0 Å². The minimum Gasteiger partial charge on any atom is -0.350 e. The van der Waals surface area contributed by atoms with Crippen molar-refractivity contribution in [1.82, 2.24) is 15.0 Å². The quantitative estimate of drug-likeness (QED) is 0.465. The Labute approximate surface area is 173 Å². The lowest BCUT2D eigenvalue weighted by molar-refractivity contribution is -0.380. The third-order valence-electron chi connectivity index (χ3n) is 4.68. The van der Waals surface area contributed by atoms with Gasteiger partial charge in [0.2, 0.25) is 5.76 Å². The lowest BCUT2D eigenvalue weighted by atomic mass is 10.1. The molecule has 0 N–H and O–H groups in total. The van der Waals surface area contributed by atoms with Crippen LogP contribution in [0.3, 0.4) is 0 Å². The van der Waals surface area contributed by atoms with Crippen molar-refractivity contribution in [3.05, 3.63) is 69.0 Å². The van der Waals surface area contributed by atoms with Crippen LogP contribution >= 0.6 is 11.3 Å². The molecule has 1 saturated heterocycles. The van der Waals surface area contributed by atoms with Crippen molar-refractivity contribution in [1.29, 1.82) is 0 Å². The van der Waals surface area contributed by atoms with E-state index < -0.39 is 10.7 Å². The highest BCUT2D eigenvalue weighted by Gasteiger charge is 2.29. The van der Waals surface area contributed by atoms with E-state index >= 15 is 0 Å². The van der Waals surface area contributed by atoms with E-state index in [0.717, 1.165) is 11.3 Å². The van der Waals surface area contributed by atoms with Gasteiger partial charge in [0.1, 0.15) is 11.5 Å². The van der Waals surface area contributed by atoms with Crippen molar-refractivity contribution in [3.8, 4) is 11.3 Å². The van der Waals surface area contributed by atoms with Crippen molar-refractivity contribution in [3.63, 3.8) is 0 Å². The second-order valence-electron chi connectivity index (χ2n) is 6.57. The number of amides is 2. The summed E-state index contributed by atoms with van der Waals surface area (Å²) in [6, 6.07) is 10.0. The first-order chi connectivity index (χ1) is 14.4. The summed E-state index contributed by atoms with van der Waals surface area (Å²) in [4.78, 5) is 38.8. The van der Waals surface area contributed by atoms with Crippen molar-refractivity contribution < 1.29 is 23.4 Å². The molecule has 9 nitrogen and oxygen atoms in total. The summed E-state index contributed by atoms with van der Waals surface area (Å²) in [6.07, 6.45) is 0. The highest BCUT2D eigenvalue weighted by Crippen LogP contribution is 2.26. The third kappa shape index (κ3) is 3.92. The van der Waals surface area contributed by atoms with E-state index in [2.05, 4.69) is 5.16 Å². The summed E-state index contributed by atoms with van der Waals surface area (Å²) in [5, 5.41) is 14.5. The molecule has 4 rings (SSSR count). The van der Waals surface area contributed by atoms with Crippen LogP contribution in [0.1, 0.15) is 20.2 Å². The molecule has 11 heteroatoms. The van der Waals surface area contributed by atoms with Gasteiger partial charge in [-0.1, -0.05) is 28.6 Å². The number of nitrogens with zero attached hydrogens (tertiary/aromatic N) is 4. The molecule has 0 spiro atoms. The van der Waals surface area contributed by atoms with Gasteiger partial charge in [0.15, 0.2) is 0 Å². The van der Waals surface area contributed by atoms with Gasteiger partial charge >= 0.3 is 5.00 Å². The fraction of sp³-hybridized carbons (Fsp3) is 0.211. The van der Waals surface area contributed by atoms with E-state index in [-0.39, 0.29) is 40.5 Å². The number of aromatic nitrogens is 1. The predicted molar refractivity (Wildman–Crippen MR) is 105 cm³/mol. The Balaban J connectivity index is 1.38. The maximum atomic E-state index is 13.4. The topological polar surface area (TPSA) is 110 Å². The molecule has 0 atom stereocenters. The predicted octanol–water partition coefficient (Wildman–Crippen LogP) is 3.05. The summed E-state index contributed by atoms with van der Waals surface area (Å²) < 4.78 is 18.5. The molecule has 154 valence electrons. The number of benzene rings is 1. The van der Waals surface area contributed by atoms with Gasteiger partial charge in [-0.15, -0.1) is 0 Å². The van der Waals surface area contributed by atoms with Crippen LogP contribution in [0.5, 0.6) is 0 Å². The molecule has 0 unspecified atom stereocenters.